The summed E-state index contributed by atoms with van der Waals surface area (Å²) in [6.07, 6.45) is 2.66. The number of hydrogen-bond donors (Lipinski definition) is 0. The van der Waals surface area contributed by atoms with Crippen LogP contribution in [0.1, 0.15) is 28.2 Å². The fraction of sp³-hybridized carbons (Fsp3) is 0.455. The van der Waals surface area contributed by atoms with Gasteiger partial charge in [0.25, 0.3) is 0 Å². The van der Waals surface area contributed by atoms with E-state index in [2.05, 4.69) is 5.10 Å². The Bertz CT molecular complexity index is 444. The molecule has 0 bridgehead atoms. The van der Waals surface area contributed by atoms with E-state index >= 15 is 0 Å². The minimum Gasteiger partial charge on any atom is -0.489 e. The summed E-state index contributed by atoms with van der Waals surface area (Å²) in [4.78, 5) is 12.1. The molecule has 1 aliphatic rings. The van der Waals surface area contributed by atoms with Crippen molar-refractivity contribution in [2.24, 2.45) is 7.05 Å². The van der Waals surface area contributed by atoms with Gasteiger partial charge in [-0.1, -0.05) is 0 Å². The molecule has 0 fully saturated rings. The number of aryl methyl sites for hydroxylation is 2. The number of hydrogen-bond acceptors (Lipinski definition) is 3. The van der Waals surface area contributed by atoms with Crippen LogP contribution in [0.3, 0.4) is 0 Å². The van der Waals surface area contributed by atoms with Crippen molar-refractivity contribution < 1.29 is 9.53 Å². The van der Waals surface area contributed by atoms with Gasteiger partial charge in [0.2, 0.25) is 5.78 Å². The molecule has 0 atom stereocenters. The third-order valence-corrected chi connectivity index (χ3v) is 2.67. The number of aromatic nitrogens is 2. The predicted molar refractivity (Wildman–Crippen MR) is 55.7 cm³/mol. The van der Waals surface area contributed by atoms with Crippen LogP contribution in [0.2, 0.25) is 0 Å². The second-order valence-corrected chi connectivity index (χ2v) is 3.70. The van der Waals surface area contributed by atoms with Crippen LogP contribution >= 0.6 is 0 Å². The number of ether oxygens (including phenoxy) is 1. The summed E-state index contributed by atoms with van der Waals surface area (Å²) in [6.45, 7) is 4.35. The summed E-state index contributed by atoms with van der Waals surface area (Å²) in [6, 6.07) is 0. The van der Waals surface area contributed by atoms with Gasteiger partial charge in [0.1, 0.15) is 0 Å². The average Bonchev–Trinajstić information content (AvgIpc) is 2.76. The molecule has 80 valence electrons. The van der Waals surface area contributed by atoms with E-state index in [1.54, 1.807) is 4.68 Å². The molecule has 4 nitrogen and oxygen atoms in total. The maximum absolute atomic E-state index is 12.1. The van der Waals surface area contributed by atoms with E-state index in [1.807, 2.05) is 27.0 Å². The van der Waals surface area contributed by atoms with Crippen LogP contribution in [0, 0.1) is 13.8 Å². The zero-order chi connectivity index (χ0) is 11.0. The van der Waals surface area contributed by atoms with Crippen molar-refractivity contribution in [1.82, 2.24) is 9.78 Å². The van der Waals surface area contributed by atoms with Crippen LogP contribution in [0.25, 0.3) is 0 Å². The maximum Gasteiger partial charge on any atom is 0.230 e. The molecular formula is C11H14N2O2. The van der Waals surface area contributed by atoms with Gasteiger partial charge in [-0.15, -0.1) is 0 Å². The van der Waals surface area contributed by atoms with Gasteiger partial charge in [-0.2, -0.15) is 5.10 Å². The molecule has 1 aromatic heterocycles. The number of rotatable bonds is 2. The van der Waals surface area contributed by atoms with Gasteiger partial charge in [0.15, 0.2) is 5.76 Å². The van der Waals surface area contributed by atoms with E-state index in [1.165, 1.54) is 0 Å². The van der Waals surface area contributed by atoms with Gasteiger partial charge in [-0.25, -0.2) is 0 Å². The van der Waals surface area contributed by atoms with Crippen molar-refractivity contribution in [2.75, 3.05) is 6.61 Å². The molecule has 0 amide bonds. The molecule has 15 heavy (non-hydrogen) atoms. The first-order chi connectivity index (χ1) is 7.11. The lowest BCUT2D eigenvalue weighted by Gasteiger charge is -2.03. The zero-order valence-electron chi connectivity index (χ0n) is 9.20. The summed E-state index contributed by atoms with van der Waals surface area (Å²) in [5.41, 5.74) is 2.32. The Balaban J connectivity index is 2.41. The molecule has 0 radical (unpaired) electrons. The fourth-order valence-corrected chi connectivity index (χ4v) is 1.80. The number of ketones is 1. The third kappa shape index (κ3) is 1.56. The lowest BCUT2D eigenvalue weighted by molar-refractivity contribution is 0.0941. The molecule has 0 spiro atoms. The first-order valence-electron chi connectivity index (χ1n) is 4.99. The molecule has 2 rings (SSSR count). The van der Waals surface area contributed by atoms with Crippen molar-refractivity contribution in [3.05, 3.63) is 28.8 Å². The molecule has 0 aromatic carbocycles. The number of carbonyl (C=O) groups excluding carboxylic acids is 1. The van der Waals surface area contributed by atoms with Gasteiger partial charge >= 0.3 is 0 Å². The fourth-order valence-electron chi connectivity index (χ4n) is 1.80. The van der Waals surface area contributed by atoms with Gasteiger partial charge < -0.3 is 4.74 Å². The molecule has 2 heterocycles. The molecule has 0 saturated heterocycles. The molecular weight excluding hydrogens is 192 g/mol. The minimum absolute atomic E-state index is 0.0457. The summed E-state index contributed by atoms with van der Waals surface area (Å²) in [5, 5.41) is 4.22. The Morgan fingerprint density at radius 3 is 2.73 bits per heavy atom. The van der Waals surface area contributed by atoms with Crippen LogP contribution in [0.15, 0.2) is 11.8 Å². The monoisotopic (exact) mass is 206 g/mol. The van der Waals surface area contributed by atoms with Crippen LogP contribution in [-0.2, 0) is 11.8 Å². The van der Waals surface area contributed by atoms with E-state index in [4.69, 9.17) is 4.74 Å². The van der Waals surface area contributed by atoms with E-state index in [-0.39, 0.29) is 5.78 Å². The van der Waals surface area contributed by atoms with E-state index in [0.717, 1.165) is 17.8 Å². The smallest absolute Gasteiger partial charge is 0.230 e. The van der Waals surface area contributed by atoms with Crippen molar-refractivity contribution >= 4 is 5.78 Å². The first-order valence-corrected chi connectivity index (χ1v) is 4.99. The van der Waals surface area contributed by atoms with Crippen LogP contribution in [0.5, 0.6) is 0 Å². The number of Topliss-reactive ketones (excluding diaryl/α,β-unsaturated/α-hetero) is 1. The second kappa shape index (κ2) is 3.53. The standard InChI is InChI=1S/C11H14N2O2/c1-7-10(8(2)13(3)12-7)11(14)9-5-4-6-15-9/h5H,4,6H2,1-3H3. The molecule has 0 saturated carbocycles. The van der Waals surface area contributed by atoms with Gasteiger partial charge in [0.05, 0.1) is 17.9 Å². The Hall–Kier alpha value is -1.58. The number of allylic oxidation sites excluding steroid dienone is 1. The molecule has 0 unspecified atom stereocenters. The van der Waals surface area contributed by atoms with Gasteiger partial charge in [-0.05, 0) is 19.9 Å². The Morgan fingerprint density at radius 2 is 2.27 bits per heavy atom. The summed E-state index contributed by atoms with van der Waals surface area (Å²) < 4.78 is 6.98. The van der Waals surface area contributed by atoms with Crippen LogP contribution in [0.4, 0.5) is 0 Å². The average molecular weight is 206 g/mol. The molecule has 0 aliphatic carbocycles. The summed E-state index contributed by atoms with van der Waals surface area (Å²) in [5.74, 6) is 0.421. The lowest BCUT2D eigenvalue weighted by Crippen LogP contribution is -2.06. The van der Waals surface area contributed by atoms with E-state index in [0.29, 0.717) is 17.9 Å². The molecule has 4 heteroatoms. The second-order valence-electron chi connectivity index (χ2n) is 3.70. The van der Waals surface area contributed by atoms with Crippen molar-refractivity contribution in [3.8, 4) is 0 Å². The lowest BCUT2D eigenvalue weighted by atomic mass is 10.1. The zero-order valence-corrected chi connectivity index (χ0v) is 9.20. The van der Waals surface area contributed by atoms with Crippen molar-refractivity contribution in [3.63, 3.8) is 0 Å². The quantitative estimate of drug-likeness (QED) is 0.689. The highest BCUT2D eigenvalue weighted by Crippen LogP contribution is 2.20. The van der Waals surface area contributed by atoms with E-state index in [9.17, 15) is 4.79 Å². The summed E-state index contributed by atoms with van der Waals surface area (Å²) >= 11 is 0. The molecule has 1 aromatic rings. The van der Waals surface area contributed by atoms with Crippen molar-refractivity contribution in [1.29, 1.82) is 0 Å². The first kappa shape index (κ1) is 9.96. The molecule has 1 aliphatic heterocycles. The van der Waals surface area contributed by atoms with Crippen LogP contribution < -0.4 is 0 Å². The van der Waals surface area contributed by atoms with Crippen LogP contribution in [-0.4, -0.2) is 22.2 Å². The van der Waals surface area contributed by atoms with Crippen molar-refractivity contribution in [2.45, 2.75) is 20.3 Å². The molecule has 0 N–H and O–H groups in total. The van der Waals surface area contributed by atoms with Gasteiger partial charge in [0, 0.05) is 19.2 Å². The highest BCUT2D eigenvalue weighted by atomic mass is 16.5. The number of nitrogens with zero attached hydrogens (tertiary/aromatic N) is 2. The maximum atomic E-state index is 12.1. The Morgan fingerprint density at radius 1 is 1.53 bits per heavy atom. The predicted octanol–water partition coefficient (Wildman–Crippen LogP) is 1.52. The summed E-state index contributed by atoms with van der Waals surface area (Å²) in [7, 11) is 1.84. The third-order valence-electron chi connectivity index (χ3n) is 2.67. The Kier molecular flexibility index (Phi) is 2.34. The topological polar surface area (TPSA) is 44.1 Å². The minimum atomic E-state index is -0.0457. The van der Waals surface area contributed by atoms with E-state index < -0.39 is 0 Å². The van der Waals surface area contributed by atoms with Gasteiger partial charge in [-0.3, -0.25) is 9.48 Å². The number of carbonyl (C=O) groups is 1. The Labute approximate surface area is 88.5 Å². The SMILES string of the molecule is Cc1nn(C)c(C)c1C(=O)C1=CCCO1. The largest absolute Gasteiger partial charge is 0.489 e. The highest BCUT2D eigenvalue weighted by Gasteiger charge is 2.23. The highest BCUT2D eigenvalue weighted by molar-refractivity contribution is 6.09. The normalized spacial score (nSPS) is 15.0.